The summed E-state index contributed by atoms with van der Waals surface area (Å²) in [5.41, 5.74) is 8.79. The van der Waals surface area contributed by atoms with Crippen LogP contribution in [0.3, 0.4) is 0 Å². The summed E-state index contributed by atoms with van der Waals surface area (Å²) in [5.74, 6) is -0.0371. The van der Waals surface area contributed by atoms with E-state index in [2.05, 4.69) is 10.0 Å². The number of hydrogen-bond acceptors (Lipinski definition) is 7. The van der Waals surface area contributed by atoms with Crippen LogP contribution in [0.4, 0.5) is 0 Å². The number of methoxy groups -OCH3 is 1. The Kier molecular flexibility index (Phi) is 8.44. The first-order valence-electron chi connectivity index (χ1n) is 11.5. The zero-order valence-electron chi connectivity index (χ0n) is 19.9. The molecule has 0 bridgehead atoms. The molecule has 0 aliphatic heterocycles. The predicted molar refractivity (Wildman–Crippen MR) is 144 cm³/mol. The van der Waals surface area contributed by atoms with Crippen molar-refractivity contribution in [1.29, 1.82) is 5.41 Å². The van der Waals surface area contributed by atoms with Gasteiger partial charge in [0.05, 0.1) is 27.8 Å². The maximum absolute atomic E-state index is 13.5. The van der Waals surface area contributed by atoms with Crippen LogP contribution in [0.5, 0.6) is 0 Å². The molecule has 0 radical (unpaired) electrons. The number of fused-ring (bicyclic) bond motifs is 1. The highest BCUT2D eigenvalue weighted by atomic mass is 32.2. The van der Waals surface area contributed by atoms with Crippen molar-refractivity contribution in [1.82, 2.24) is 15.0 Å². The zero-order valence-corrected chi connectivity index (χ0v) is 21.5. The van der Waals surface area contributed by atoms with Gasteiger partial charge < -0.3 is 15.8 Å². The third-order valence-corrected chi connectivity index (χ3v) is 8.22. The third kappa shape index (κ3) is 6.54. The summed E-state index contributed by atoms with van der Waals surface area (Å²) in [7, 11) is -2.21. The minimum Gasteiger partial charge on any atom is -0.384 e. The smallest absolute Gasteiger partial charge is 0.241 e. The second-order valence-electron chi connectivity index (χ2n) is 8.33. The highest BCUT2D eigenvalue weighted by Crippen LogP contribution is 2.30. The number of nitrogens with one attached hydrogen (secondary N) is 3. The molecule has 0 fully saturated rings. The average Bonchev–Trinajstić information content (AvgIpc) is 3.31. The first kappa shape index (κ1) is 25.9. The maximum atomic E-state index is 13.5. The number of hydrogen-bond donors (Lipinski definition) is 4. The molecule has 4 aromatic rings. The van der Waals surface area contributed by atoms with E-state index < -0.39 is 16.1 Å². The van der Waals surface area contributed by atoms with E-state index in [1.54, 1.807) is 31.4 Å². The lowest BCUT2D eigenvalue weighted by molar-refractivity contribution is 0.199. The quantitative estimate of drug-likeness (QED) is 0.128. The monoisotopic (exact) mass is 523 g/mol. The van der Waals surface area contributed by atoms with Crippen LogP contribution in [0.15, 0.2) is 77.7 Å². The number of ether oxygens (including phenoxy) is 1. The number of nitrogens with zero attached hydrogens (tertiary/aromatic N) is 1. The minimum atomic E-state index is -3.85. The van der Waals surface area contributed by atoms with E-state index in [1.807, 2.05) is 48.5 Å². The Bertz CT molecular complexity index is 1420. The average molecular weight is 524 g/mol. The molecule has 1 unspecified atom stereocenters. The Hall–Kier alpha value is -3.15. The highest BCUT2D eigenvalue weighted by Gasteiger charge is 2.25. The molecule has 1 atom stereocenters. The number of thiazole rings is 1. The van der Waals surface area contributed by atoms with Gasteiger partial charge in [-0.15, -0.1) is 11.3 Å². The Morgan fingerprint density at radius 1 is 1.08 bits per heavy atom. The van der Waals surface area contributed by atoms with Gasteiger partial charge in [-0.1, -0.05) is 42.5 Å². The van der Waals surface area contributed by atoms with Crippen LogP contribution in [0.1, 0.15) is 27.7 Å². The van der Waals surface area contributed by atoms with Crippen molar-refractivity contribution in [3.8, 4) is 0 Å². The van der Waals surface area contributed by atoms with Crippen LogP contribution >= 0.6 is 11.3 Å². The van der Waals surface area contributed by atoms with E-state index in [0.717, 1.165) is 21.3 Å². The number of nitrogens with two attached hydrogens (primary N) is 1. The first-order chi connectivity index (χ1) is 17.4. The van der Waals surface area contributed by atoms with E-state index in [1.165, 1.54) is 11.3 Å². The molecule has 1 heterocycles. The molecule has 4 rings (SSSR count). The van der Waals surface area contributed by atoms with Crippen molar-refractivity contribution in [2.75, 3.05) is 20.3 Å². The van der Waals surface area contributed by atoms with Gasteiger partial charge in [-0.2, -0.15) is 0 Å². The number of amidine groups is 1. The standard InChI is InChI=1S/C26H29N5O3S2/c1-34-13-12-29-17-19-7-5-9-21(15-19)36(32,33)31-23(16-18-6-4-8-20(14-18)25(27)28)26-30-22-10-2-3-11-24(22)35-26/h2-11,14-15,23,29,31H,12-13,16-17H2,1H3,(H3,27,28). The van der Waals surface area contributed by atoms with Gasteiger partial charge in [0.25, 0.3) is 0 Å². The number of rotatable bonds is 12. The van der Waals surface area contributed by atoms with E-state index in [0.29, 0.717) is 36.7 Å². The Balaban J connectivity index is 1.63. The number of para-hydroxylation sites is 1. The fourth-order valence-corrected chi connectivity index (χ4v) is 6.17. The molecule has 0 aliphatic rings. The van der Waals surface area contributed by atoms with Crippen molar-refractivity contribution in [2.24, 2.45) is 5.73 Å². The van der Waals surface area contributed by atoms with Gasteiger partial charge >= 0.3 is 0 Å². The normalized spacial score (nSPS) is 12.6. The number of nitrogen functional groups attached to an aromatic ring is 1. The van der Waals surface area contributed by atoms with Gasteiger partial charge in [0.15, 0.2) is 0 Å². The molecule has 0 saturated heterocycles. The molecular weight excluding hydrogens is 494 g/mol. The van der Waals surface area contributed by atoms with Crippen molar-refractivity contribution in [2.45, 2.75) is 23.9 Å². The highest BCUT2D eigenvalue weighted by molar-refractivity contribution is 7.89. The molecule has 5 N–H and O–H groups in total. The Morgan fingerprint density at radius 2 is 1.86 bits per heavy atom. The lowest BCUT2D eigenvalue weighted by atomic mass is 10.0. The molecule has 1 aromatic heterocycles. The molecule has 36 heavy (non-hydrogen) atoms. The van der Waals surface area contributed by atoms with Crippen LogP contribution in [0.2, 0.25) is 0 Å². The SMILES string of the molecule is COCCNCc1cccc(S(=O)(=O)NC(Cc2cccc(C(=N)N)c2)c2nc3ccccc3s2)c1. The van der Waals surface area contributed by atoms with E-state index in [4.69, 9.17) is 20.9 Å². The van der Waals surface area contributed by atoms with Gasteiger partial charge in [0, 0.05) is 25.8 Å². The van der Waals surface area contributed by atoms with Crippen LogP contribution in [0, 0.1) is 5.41 Å². The first-order valence-corrected chi connectivity index (χ1v) is 13.8. The van der Waals surface area contributed by atoms with Gasteiger partial charge in [0.2, 0.25) is 10.0 Å². The summed E-state index contributed by atoms with van der Waals surface area (Å²) in [6, 6.07) is 21.3. The fraction of sp³-hybridized carbons (Fsp3) is 0.231. The molecule has 0 amide bonds. The number of benzene rings is 3. The second kappa shape index (κ2) is 11.7. The summed E-state index contributed by atoms with van der Waals surface area (Å²) in [5, 5.41) is 11.6. The van der Waals surface area contributed by atoms with E-state index in [9.17, 15) is 8.42 Å². The van der Waals surface area contributed by atoms with Gasteiger partial charge in [-0.05, 0) is 47.9 Å². The number of aromatic nitrogens is 1. The zero-order chi connectivity index (χ0) is 25.5. The summed E-state index contributed by atoms with van der Waals surface area (Å²) >= 11 is 1.46. The fourth-order valence-electron chi connectivity index (χ4n) is 3.80. The van der Waals surface area contributed by atoms with E-state index >= 15 is 0 Å². The van der Waals surface area contributed by atoms with Crippen LogP contribution in [-0.2, 0) is 27.7 Å². The maximum Gasteiger partial charge on any atom is 0.241 e. The third-order valence-electron chi connectivity index (χ3n) is 5.60. The van der Waals surface area contributed by atoms with Crippen molar-refractivity contribution >= 4 is 37.4 Å². The molecule has 3 aromatic carbocycles. The molecule has 0 aliphatic carbocycles. The van der Waals surface area contributed by atoms with Crippen LogP contribution < -0.4 is 15.8 Å². The van der Waals surface area contributed by atoms with Crippen LogP contribution in [-0.4, -0.2) is 39.5 Å². The molecular formula is C26H29N5O3S2. The Labute approximate surface area is 215 Å². The summed E-state index contributed by atoms with van der Waals surface area (Å²) < 4.78 is 35.9. The van der Waals surface area contributed by atoms with Gasteiger partial charge in [-0.3, -0.25) is 5.41 Å². The topological polar surface area (TPSA) is 130 Å². The Morgan fingerprint density at radius 3 is 2.64 bits per heavy atom. The van der Waals surface area contributed by atoms with Crippen LogP contribution in [0.25, 0.3) is 10.2 Å². The minimum absolute atomic E-state index is 0.0371. The lowest BCUT2D eigenvalue weighted by Crippen LogP contribution is -2.30. The molecule has 8 nitrogen and oxygen atoms in total. The molecule has 0 spiro atoms. The lowest BCUT2D eigenvalue weighted by Gasteiger charge is -2.18. The second-order valence-corrected chi connectivity index (χ2v) is 11.1. The largest absolute Gasteiger partial charge is 0.384 e. The molecule has 188 valence electrons. The molecule has 10 heteroatoms. The van der Waals surface area contributed by atoms with Gasteiger partial charge in [0.1, 0.15) is 10.8 Å². The molecule has 0 saturated carbocycles. The summed E-state index contributed by atoms with van der Waals surface area (Å²) in [6.45, 7) is 1.78. The van der Waals surface area contributed by atoms with Gasteiger partial charge in [-0.25, -0.2) is 18.1 Å². The van der Waals surface area contributed by atoms with E-state index in [-0.39, 0.29) is 10.7 Å². The number of sulfonamides is 1. The van der Waals surface area contributed by atoms with Crippen molar-refractivity contribution < 1.29 is 13.2 Å². The van der Waals surface area contributed by atoms with Crippen molar-refractivity contribution in [3.63, 3.8) is 0 Å². The van der Waals surface area contributed by atoms with Crippen molar-refractivity contribution in [3.05, 3.63) is 94.5 Å². The summed E-state index contributed by atoms with van der Waals surface area (Å²) in [6.07, 6.45) is 0.360. The predicted octanol–water partition coefficient (Wildman–Crippen LogP) is 3.58. The summed E-state index contributed by atoms with van der Waals surface area (Å²) in [4.78, 5) is 4.91.